The summed E-state index contributed by atoms with van der Waals surface area (Å²) >= 11 is 10.8. The molecular formula is C9H7BrIN3S. The Morgan fingerprint density at radius 1 is 1.53 bits per heavy atom. The van der Waals surface area contributed by atoms with Crippen molar-refractivity contribution in [3.8, 4) is 11.4 Å². The van der Waals surface area contributed by atoms with Gasteiger partial charge in [0.15, 0.2) is 5.82 Å². The molecule has 78 valence electrons. The molecule has 15 heavy (non-hydrogen) atoms. The molecule has 2 aromatic rings. The van der Waals surface area contributed by atoms with E-state index in [9.17, 15) is 0 Å². The lowest BCUT2D eigenvalue weighted by atomic mass is 10.2. The number of aromatic nitrogens is 3. The summed E-state index contributed by atoms with van der Waals surface area (Å²) in [6.07, 6.45) is 0. The summed E-state index contributed by atoms with van der Waals surface area (Å²) in [6, 6.07) is 6.09. The van der Waals surface area contributed by atoms with E-state index in [0.29, 0.717) is 4.77 Å². The first-order chi connectivity index (χ1) is 7.08. The SMILES string of the molecule is Cn1[nH]c(-c2cc(I)ccc2Br)nc1=S. The monoisotopic (exact) mass is 395 g/mol. The average molecular weight is 396 g/mol. The fraction of sp³-hybridized carbons (Fsp3) is 0.111. The second kappa shape index (κ2) is 4.34. The Labute approximate surface area is 114 Å². The Balaban J connectivity index is 2.63. The Morgan fingerprint density at radius 2 is 2.27 bits per heavy atom. The maximum Gasteiger partial charge on any atom is 0.216 e. The van der Waals surface area contributed by atoms with Gasteiger partial charge in [0, 0.05) is 20.7 Å². The Morgan fingerprint density at radius 3 is 2.87 bits per heavy atom. The van der Waals surface area contributed by atoms with E-state index >= 15 is 0 Å². The van der Waals surface area contributed by atoms with Gasteiger partial charge in [-0.25, -0.2) is 0 Å². The van der Waals surface area contributed by atoms with E-state index in [0.717, 1.165) is 19.4 Å². The highest BCUT2D eigenvalue weighted by Crippen LogP contribution is 2.27. The van der Waals surface area contributed by atoms with Gasteiger partial charge < -0.3 is 0 Å². The molecule has 6 heteroatoms. The van der Waals surface area contributed by atoms with Gasteiger partial charge in [-0.1, -0.05) is 15.9 Å². The Bertz CT molecular complexity index is 561. The van der Waals surface area contributed by atoms with Crippen molar-refractivity contribution in [2.45, 2.75) is 0 Å². The van der Waals surface area contributed by atoms with Gasteiger partial charge in [0.2, 0.25) is 4.77 Å². The molecule has 0 saturated heterocycles. The maximum absolute atomic E-state index is 5.05. The van der Waals surface area contributed by atoms with Crippen molar-refractivity contribution in [2.75, 3.05) is 0 Å². The van der Waals surface area contributed by atoms with Crippen LogP contribution in [0.3, 0.4) is 0 Å². The second-order valence-electron chi connectivity index (χ2n) is 3.04. The molecule has 0 unspecified atom stereocenters. The summed E-state index contributed by atoms with van der Waals surface area (Å²) in [5.41, 5.74) is 1.02. The van der Waals surface area contributed by atoms with Crippen LogP contribution in [-0.4, -0.2) is 14.8 Å². The maximum atomic E-state index is 5.05. The van der Waals surface area contributed by atoms with E-state index in [4.69, 9.17) is 12.2 Å². The highest BCUT2D eigenvalue weighted by molar-refractivity contribution is 14.1. The summed E-state index contributed by atoms with van der Waals surface area (Å²) < 4.78 is 4.44. The molecule has 1 heterocycles. The molecule has 1 aromatic heterocycles. The normalized spacial score (nSPS) is 10.6. The minimum atomic E-state index is 0.552. The number of nitrogens with zero attached hydrogens (tertiary/aromatic N) is 2. The second-order valence-corrected chi connectivity index (χ2v) is 5.50. The van der Waals surface area contributed by atoms with Crippen molar-refractivity contribution in [1.82, 2.24) is 14.8 Å². The number of H-pyrrole nitrogens is 1. The largest absolute Gasteiger partial charge is 0.279 e. The molecule has 0 amide bonds. The fourth-order valence-electron chi connectivity index (χ4n) is 1.20. The van der Waals surface area contributed by atoms with E-state index in [1.165, 1.54) is 0 Å². The zero-order chi connectivity index (χ0) is 11.0. The van der Waals surface area contributed by atoms with E-state index in [-0.39, 0.29) is 0 Å². The molecule has 0 saturated carbocycles. The first-order valence-corrected chi connectivity index (χ1v) is 6.44. The molecule has 0 fully saturated rings. The number of halogens is 2. The number of rotatable bonds is 1. The predicted molar refractivity (Wildman–Crippen MR) is 74.2 cm³/mol. The molecule has 1 N–H and O–H groups in total. The molecule has 0 aliphatic heterocycles. The molecule has 0 atom stereocenters. The molecule has 0 bridgehead atoms. The highest BCUT2D eigenvalue weighted by atomic mass is 127. The minimum Gasteiger partial charge on any atom is -0.279 e. The van der Waals surface area contributed by atoms with Gasteiger partial charge in [-0.3, -0.25) is 9.78 Å². The Hall–Kier alpha value is -0.210. The minimum absolute atomic E-state index is 0.552. The van der Waals surface area contributed by atoms with Crippen LogP contribution < -0.4 is 0 Å². The van der Waals surface area contributed by atoms with E-state index in [2.05, 4.69) is 54.7 Å². The lowest BCUT2D eigenvalue weighted by Gasteiger charge is -2.01. The van der Waals surface area contributed by atoms with Crippen LogP contribution in [0.25, 0.3) is 11.4 Å². The van der Waals surface area contributed by atoms with Crippen LogP contribution in [-0.2, 0) is 7.05 Å². The van der Waals surface area contributed by atoms with E-state index < -0.39 is 0 Å². The third-order valence-electron chi connectivity index (χ3n) is 1.95. The average Bonchev–Trinajstić information content (AvgIpc) is 2.51. The Kier molecular flexibility index (Phi) is 3.27. The van der Waals surface area contributed by atoms with Crippen molar-refractivity contribution >= 4 is 50.7 Å². The topological polar surface area (TPSA) is 33.6 Å². The number of aryl methyl sites for hydroxylation is 1. The van der Waals surface area contributed by atoms with Crippen LogP contribution >= 0.6 is 50.7 Å². The standard InChI is InChI=1S/C9H7BrIN3S/c1-14-9(15)12-8(13-14)6-4-5(11)2-3-7(6)10/h2-4H,1H3,(H,12,13,15). The van der Waals surface area contributed by atoms with Gasteiger partial charge in [0.05, 0.1) is 0 Å². The number of nitrogens with one attached hydrogen (secondary N) is 1. The predicted octanol–water partition coefficient (Wildman–Crippen LogP) is 3.51. The third kappa shape index (κ3) is 2.31. The molecule has 2 rings (SSSR count). The first kappa shape index (κ1) is 11.3. The fourth-order valence-corrected chi connectivity index (χ4v) is 2.26. The number of benzene rings is 1. The molecular weight excluding hydrogens is 389 g/mol. The molecule has 0 radical (unpaired) electrons. The lowest BCUT2D eigenvalue weighted by Crippen LogP contribution is -1.90. The zero-order valence-corrected chi connectivity index (χ0v) is 12.4. The van der Waals surface area contributed by atoms with Crippen LogP contribution in [0, 0.1) is 8.34 Å². The molecule has 0 aliphatic carbocycles. The van der Waals surface area contributed by atoms with Crippen LogP contribution in [0.15, 0.2) is 22.7 Å². The van der Waals surface area contributed by atoms with Gasteiger partial charge in [-0.2, -0.15) is 4.98 Å². The smallest absolute Gasteiger partial charge is 0.216 e. The van der Waals surface area contributed by atoms with Crippen LogP contribution in [0.1, 0.15) is 0 Å². The van der Waals surface area contributed by atoms with Gasteiger partial charge in [-0.05, 0) is 53.0 Å². The quantitative estimate of drug-likeness (QED) is 0.592. The van der Waals surface area contributed by atoms with Crippen LogP contribution in [0.5, 0.6) is 0 Å². The van der Waals surface area contributed by atoms with Gasteiger partial charge >= 0.3 is 0 Å². The summed E-state index contributed by atoms with van der Waals surface area (Å²) in [5.74, 6) is 0.785. The summed E-state index contributed by atoms with van der Waals surface area (Å²) in [5, 5.41) is 3.10. The molecule has 0 aliphatic rings. The summed E-state index contributed by atoms with van der Waals surface area (Å²) in [7, 11) is 1.85. The molecule has 1 aromatic carbocycles. The highest BCUT2D eigenvalue weighted by Gasteiger charge is 2.07. The van der Waals surface area contributed by atoms with Crippen molar-refractivity contribution in [2.24, 2.45) is 7.05 Å². The van der Waals surface area contributed by atoms with Crippen LogP contribution in [0.2, 0.25) is 0 Å². The zero-order valence-electron chi connectivity index (χ0n) is 7.79. The van der Waals surface area contributed by atoms with Crippen LogP contribution in [0.4, 0.5) is 0 Å². The van der Waals surface area contributed by atoms with Crippen molar-refractivity contribution in [3.05, 3.63) is 31.0 Å². The third-order valence-corrected chi connectivity index (χ3v) is 3.68. The van der Waals surface area contributed by atoms with Gasteiger partial charge in [0.1, 0.15) is 0 Å². The van der Waals surface area contributed by atoms with Gasteiger partial charge in [0.25, 0.3) is 0 Å². The van der Waals surface area contributed by atoms with E-state index in [1.54, 1.807) is 4.68 Å². The van der Waals surface area contributed by atoms with Crippen molar-refractivity contribution in [3.63, 3.8) is 0 Å². The van der Waals surface area contributed by atoms with Crippen molar-refractivity contribution < 1.29 is 0 Å². The number of hydrogen-bond donors (Lipinski definition) is 1. The number of hydrogen-bond acceptors (Lipinski definition) is 2. The molecule has 3 nitrogen and oxygen atoms in total. The summed E-state index contributed by atoms with van der Waals surface area (Å²) in [4.78, 5) is 4.27. The lowest BCUT2D eigenvalue weighted by molar-refractivity contribution is 0.756. The summed E-state index contributed by atoms with van der Waals surface area (Å²) in [6.45, 7) is 0. The molecule has 0 spiro atoms. The van der Waals surface area contributed by atoms with Gasteiger partial charge in [-0.15, -0.1) is 0 Å². The first-order valence-electron chi connectivity index (χ1n) is 4.16. The van der Waals surface area contributed by atoms with Crippen molar-refractivity contribution in [1.29, 1.82) is 0 Å². The number of aromatic amines is 1. The van der Waals surface area contributed by atoms with E-state index in [1.807, 2.05) is 19.2 Å².